The van der Waals surface area contributed by atoms with E-state index in [2.05, 4.69) is 16.7 Å². The van der Waals surface area contributed by atoms with Crippen molar-refractivity contribution in [2.45, 2.75) is 19.9 Å². The lowest BCUT2D eigenvalue weighted by Gasteiger charge is -2.38. The van der Waals surface area contributed by atoms with Crippen molar-refractivity contribution in [1.29, 1.82) is 5.26 Å². The topological polar surface area (TPSA) is 86.6 Å². The SMILES string of the molecule is CCOc1cc2c(cc1NC(C)=O)C(Nc1ccc(OC)c(Cl)c1)C(C#N)CN2C. The number of anilines is 3. The second-order valence-corrected chi connectivity index (χ2v) is 7.52. The summed E-state index contributed by atoms with van der Waals surface area (Å²) in [5.74, 6) is 0.673. The quantitative estimate of drug-likeness (QED) is 0.706. The van der Waals surface area contributed by atoms with Crippen LogP contribution in [0.15, 0.2) is 30.3 Å². The van der Waals surface area contributed by atoms with Crippen molar-refractivity contribution >= 4 is 34.6 Å². The second-order valence-electron chi connectivity index (χ2n) is 7.11. The van der Waals surface area contributed by atoms with Crippen molar-refractivity contribution in [3.63, 3.8) is 0 Å². The number of carbonyl (C=O) groups is 1. The number of carbonyl (C=O) groups excluding carboxylic acids is 1. The molecular weight excluding hydrogens is 404 g/mol. The van der Waals surface area contributed by atoms with Gasteiger partial charge >= 0.3 is 0 Å². The van der Waals surface area contributed by atoms with Crippen LogP contribution in [0, 0.1) is 17.2 Å². The Balaban J connectivity index is 2.07. The van der Waals surface area contributed by atoms with E-state index in [9.17, 15) is 10.1 Å². The largest absolute Gasteiger partial charge is 0.495 e. The number of nitrogens with zero attached hydrogens (tertiary/aromatic N) is 2. The van der Waals surface area contributed by atoms with Gasteiger partial charge in [-0.1, -0.05) is 11.6 Å². The summed E-state index contributed by atoms with van der Waals surface area (Å²) >= 11 is 6.28. The monoisotopic (exact) mass is 428 g/mol. The third-order valence-electron chi connectivity index (χ3n) is 5.00. The van der Waals surface area contributed by atoms with Gasteiger partial charge in [0.15, 0.2) is 0 Å². The molecule has 2 unspecified atom stereocenters. The van der Waals surface area contributed by atoms with Crippen LogP contribution in [-0.2, 0) is 4.79 Å². The minimum absolute atomic E-state index is 0.191. The molecule has 1 amide bonds. The summed E-state index contributed by atoms with van der Waals surface area (Å²) < 4.78 is 11.0. The fourth-order valence-electron chi connectivity index (χ4n) is 3.67. The van der Waals surface area contributed by atoms with E-state index in [0.717, 1.165) is 16.9 Å². The average molecular weight is 429 g/mol. The maximum atomic E-state index is 11.7. The first kappa shape index (κ1) is 21.6. The summed E-state index contributed by atoms with van der Waals surface area (Å²) in [7, 11) is 3.50. The summed E-state index contributed by atoms with van der Waals surface area (Å²) in [5, 5.41) is 16.6. The van der Waals surface area contributed by atoms with Crippen LogP contribution >= 0.6 is 11.6 Å². The molecule has 2 atom stereocenters. The third-order valence-corrected chi connectivity index (χ3v) is 5.29. The lowest BCUT2D eigenvalue weighted by atomic mass is 9.87. The number of methoxy groups -OCH3 is 1. The molecule has 2 aromatic carbocycles. The van der Waals surface area contributed by atoms with Gasteiger partial charge in [-0.05, 0) is 31.2 Å². The van der Waals surface area contributed by atoms with Gasteiger partial charge in [0.2, 0.25) is 5.91 Å². The Morgan fingerprint density at radius 2 is 2.10 bits per heavy atom. The number of hydrogen-bond acceptors (Lipinski definition) is 6. The van der Waals surface area contributed by atoms with Crippen molar-refractivity contribution in [1.82, 2.24) is 0 Å². The molecule has 2 aromatic rings. The molecule has 1 heterocycles. The third kappa shape index (κ3) is 4.39. The highest BCUT2D eigenvalue weighted by atomic mass is 35.5. The van der Waals surface area contributed by atoms with Crippen molar-refractivity contribution in [3.8, 4) is 17.6 Å². The second kappa shape index (κ2) is 9.14. The minimum Gasteiger partial charge on any atom is -0.495 e. The highest BCUT2D eigenvalue weighted by molar-refractivity contribution is 6.32. The molecule has 0 aliphatic carbocycles. The Morgan fingerprint density at radius 3 is 2.70 bits per heavy atom. The normalized spacial score (nSPS) is 17.5. The first-order valence-corrected chi connectivity index (χ1v) is 10.0. The summed E-state index contributed by atoms with van der Waals surface area (Å²) in [5.41, 5.74) is 3.19. The summed E-state index contributed by atoms with van der Waals surface area (Å²) in [4.78, 5) is 13.8. The molecule has 7 nitrogen and oxygen atoms in total. The van der Waals surface area contributed by atoms with Crippen LogP contribution in [0.3, 0.4) is 0 Å². The van der Waals surface area contributed by atoms with Crippen LogP contribution in [0.4, 0.5) is 17.1 Å². The molecule has 30 heavy (non-hydrogen) atoms. The lowest BCUT2D eigenvalue weighted by molar-refractivity contribution is -0.114. The molecule has 0 bridgehead atoms. The standard InChI is InChI=1S/C22H25ClN4O3/c1-5-30-21-10-19-16(9-18(21)25-13(2)28)22(14(11-24)12-27(19)3)26-15-6-7-20(29-4)17(23)8-15/h6-10,14,22,26H,5,12H2,1-4H3,(H,25,28). The molecule has 0 aromatic heterocycles. The summed E-state index contributed by atoms with van der Waals surface area (Å²) in [6.07, 6.45) is 0. The molecule has 158 valence electrons. The zero-order chi connectivity index (χ0) is 21.8. The number of ether oxygens (including phenoxy) is 2. The number of rotatable bonds is 6. The Kier molecular flexibility index (Phi) is 6.58. The van der Waals surface area contributed by atoms with Gasteiger partial charge in [-0.3, -0.25) is 4.79 Å². The predicted octanol–water partition coefficient (Wildman–Crippen LogP) is 4.45. The molecule has 0 fully saturated rings. The van der Waals surface area contributed by atoms with Crippen molar-refractivity contribution in [3.05, 3.63) is 40.9 Å². The predicted molar refractivity (Wildman–Crippen MR) is 119 cm³/mol. The zero-order valence-electron chi connectivity index (χ0n) is 17.5. The van der Waals surface area contributed by atoms with E-state index in [0.29, 0.717) is 35.4 Å². The number of hydrogen-bond donors (Lipinski definition) is 2. The van der Waals surface area contributed by atoms with E-state index >= 15 is 0 Å². The maximum absolute atomic E-state index is 11.7. The van der Waals surface area contributed by atoms with Crippen LogP contribution in [0.25, 0.3) is 0 Å². The van der Waals surface area contributed by atoms with E-state index in [1.165, 1.54) is 6.92 Å². The number of benzene rings is 2. The van der Waals surface area contributed by atoms with E-state index in [1.54, 1.807) is 19.2 Å². The molecule has 1 aliphatic rings. The molecule has 1 aliphatic heterocycles. The van der Waals surface area contributed by atoms with Gasteiger partial charge in [-0.25, -0.2) is 0 Å². The Bertz CT molecular complexity index is 989. The lowest BCUT2D eigenvalue weighted by Crippen LogP contribution is -2.37. The molecule has 0 saturated heterocycles. The van der Waals surface area contributed by atoms with E-state index in [4.69, 9.17) is 21.1 Å². The van der Waals surface area contributed by atoms with Crippen LogP contribution < -0.4 is 25.0 Å². The Labute approximate surface area is 181 Å². The van der Waals surface area contributed by atoms with Crippen LogP contribution in [0.5, 0.6) is 11.5 Å². The van der Waals surface area contributed by atoms with Crippen molar-refractivity contribution in [2.24, 2.45) is 5.92 Å². The van der Waals surface area contributed by atoms with Gasteiger partial charge in [-0.2, -0.15) is 5.26 Å². The number of amides is 1. The first-order valence-electron chi connectivity index (χ1n) is 9.67. The van der Waals surface area contributed by atoms with Gasteiger partial charge in [0.05, 0.1) is 42.5 Å². The molecule has 0 spiro atoms. The van der Waals surface area contributed by atoms with Gasteiger partial charge in [0, 0.05) is 43.5 Å². The fraction of sp³-hybridized carbons (Fsp3) is 0.364. The van der Waals surface area contributed by atoms with Crippen LogP contribution in [0.1, 0.15) is 25.5 Å². The van der Waals surface area contributed by atoms with Gasteiger partial charge in [-0.15, -0.1) is 0 Å². The van der Waals surface area contributed by atoms with E-state index in [-0.39, 0.29) is 17.9 Å². The molecule has 2 N–H and O–H groups in total. The highest BCUT2D eigenvalue weighted by Gasteiger charge is 2.34. The van der Waals surface area contributed by atoms with Crippen molar-refractivity contribution < 1.29 is 14.3 Å². The molecule has 0 radical (unpaired) electrons. The number of nitriles is 1. The van der Waals surface area contributed by atoms with Crippen LogP contribution in [-0.4, -0.2) is 33.2 Å². The van der Waals surface area contributed by atoms with Gasteiger partial charge in [0.1, 0.15) is 11.5 Å². The number of nitrogens with one attached hydrogen (secondary N) is 2. The Hall–Kier alpha value is -3.11. The number of halogens is 1. The summed E-state index contributed by atoms with van der Waals surface area (Å²) in [6.45, 7) is 4.37. The highest BCUT2D eigenvalue weighted by Crippen LogP contribution is 2.44. The Morgan fingerprint density at radius 1 is 1.33 bits per heavy atom. The van der Waals surface area contributed by atoms with Crippen molar-refractivity contribution in [2.75, 3.05) is 42.8 Å². The molecule has 3 rings (SSSR count). The average Bonchev–Trinajstić information content (AvgIpc) is 2.70. The smallest absolute Gasteiger partial charge is 0.221 e. The van der Waals surface area contributed by atoms with E-state index in [1.807, 2.05) is 37.1 Å². The number of fused-ring (bicyclic) bond motifs is 1. The molecule has 8 heteroatoms. The molecular formula is C22H25ClN4O3. The fourth-order valence-corrected chi connectivity index (χ4v) is 3.93. The molecule has 0 saturated carbocycles. The first-order chi connectivity index (χ1) is 14.4. The zero-order valence-corrected chi connectivity index (χ0v) is 18.2. The van der Waals surface area contributed by atoms with Crippen LogP contribution in [0.2, 0.25) is 5.02 Å². The maximum Gasteiger partial charge on any atom is 0.221 e. The van der Waals surface area contributed by atoms with Gasteiger partial charge in [0.25, 0.3) is 0 Å². The summed E-state index contributed by atoms with van der Waals surface area (Å²) in [6, 6.07) is 11.3. The van der Waals surface area contributed by atoms with Gasteiger partial charge < -0.3 is 25.0 Å². The minimum atomic E-state index is -0.313. The van der Waals surface area contributed by atoms with E-state index < -0.39 is 0 Å².